The minimum absolute atomic E-state index is 0.112. The van der Waals surface area contributed by atoms with E-state index in [1.807, 2.05) is 71.9 Å². The Morgan fingerprint density at radius 3 is 2.16 bits per heavy atom. The molecule has 0 saturated heterocycles. The highest BCUT2D eigenvalue weighted by Gasteiger charge is 2.26. The van der Waals surface area contributed by atoms with E-state index >= 15 is 0 Å². The fourth-order valence-electron chi connectivity index (χ4n) is 3.87. The second-order valence-corrected chi connectivity index (χ2v) is 10.6. The Balaban J connectivity index is 1.86. The van der Waals surface area contributed by atoms with Gasteiger partial charge in [-0.2, -0.15) is 0 Å². The molecule has 1 aliphatic carbocycles. The van der Waals surface area contributed by atoms with E-state index in [9.17, 15) is 9.59 Å². The molecule has 0 aliphatic heterocycles. The van der Waals surface area contributed by atoms with Gasteiger partial charge in [0.2, 0.25) is 0 Å². The van der Waals surface area contributed by atoms with E-state index in [1.54, 1.807) is 0 Å². The second-order valence-electron chi connectivity index (χ2n) is 10.6. The Hall–Kier alpha value is -2.28. The molecule has 1 fully saturated rings. The zero-order valence-electron chi connectivity index (χ0n) is 20.5. The largest absolute Gasteiger partial charge is 0.444 e. The van der Waals surface area contributed by atoms with Gasteiger partial charge in [-0.05, 0) is 85.8 Å². The molecule has 3 unspecified atom stereocenters. The smallest absolute Gasteiger partial charge is 0.408 e. The number of rotatable bonds is 7. The molecule has 0 aromatic heterocycles. The SMILES string of the molecule is CC(C)(C)OC(=O)NC1CCCC(NCCC(NC(=O)OC(C)(C)C)c2ccccc2)C1. The molecule has 3 N–H and O–H groups in total. The van der Waals surface area contributed by atoms with Gasteiger partial charge in [-0.25, -0.2) is 9.59 Å². The average Bonchev–Trinajstić information content (AvgIpc) is 2.65. The summed E-state index contributed by atoms with van der Waals surface area (Å²) in [5, 5.41) is 9.62. The minimum Gasteiger partial charge on any atom is -0.444 e. The van der Waals surface area contributed by atoms with E-state index in [2.05, 4.69) is 16.0 Å². The van der Waals surface area contributed by atoms with Crippen LogP contribution in [0.4, 0.5) is 9.59 Å². The van der Waals surface area contributed by atoms with Crippen LogP contribution in [-0.2, 0) is 9.47 Å². The van der Waals surface area contributed by atoms with Crippen molar-refractivity contribution in [2.45, 2.75) is 103 Å². The zero-order chi connectivity index (χ0) is 23.8. The Bertz CT molecular complexity index is 725. The van der Waals surface area contributed by atoms with Gasteiger partial charge in [0.1, 0.15) is 11.2 Å². The van der Waals surface area contributed by atoms with Gasteiger partial charge < -0.3 is 25.4 Å². The predicted octanol–water partition coefficient (Wildman–Crippen LogP) is 5.07. The molecule has 32 heavy (non-hydrogen) atoms. The number of nitrogens with one attached hydrogen (secondary N) is 3. The maximum atomic E-state index is 12.3. The molecule has 3 atom stereocenters. The van der Waals surface area contributed by atoms with Crippen molar-refractivity contribution < 1.29 is 19.1 Å². The van der Waals surface area contributed by atoms with Crippen molar-refractivity contribution in [2.24, 2.45) is 0 Å². The number of ether oxygens (including phenoxy) is 2. The van der Waals surface area contributed by atoms with Gasteiger partial charge in [0.15, 0.2) is 0 Å². The molecule has 2 rings (SSSR count). The van der Waals surface area contributed by atoms with Gasteiger partial charge in [-0.3, -0.25) is 0 Å². The molecule has 2 amide bonds. The van der Waals surface area contributed by atoms with Crippen LogP contribution in [0.3, 0.4) is 0 Å². The summed E-state index contributed by atoms with van der Waals surface area (Å²) in [5.41, 5.74) is 0.0134. The average molecular weight is 448 g/mol. The van der Waals surface area contributed by atoms with Gasteiger partial charge in [-0.1, -0.05) is 30.3 Å². The van der Waals surface area contributed by atoms with Crippen LogP contribution in [0.15, 0.2) is 30.3 Å². The molecular formula is C25H41N3O4. The first kappa shape index (κ1) is 26.0. The molecule has 0 heterocycles. The van der Waals surface area contributed by atoms with Gasteiger partial charge in [-0.15, -0.1) is 0 Å². The lowest BCUT2D eigenvalue weighted by Gasteiger charge is -2.31. The molecule has 0 spiro atoms. The van der Waals surface area contributed by atoms with E-state index in [0.717, 1.165) is 44.2 Å². The summed E-state index contributed by atoms with van der Waals surface area (Å²) in [7, 11) is 0. The van der Waals surface area contributed by atoms with Crippen molar-refractivity contribution >= 4 is 12.2 Å². The topological polar surface area (TPSA) is 88.7 Å². The van der Waals surface area contributed by atoms with Crippen LogP contribution < -0.4 is 16.0 Å². The normalized spacial score (nSPS) is 20.2. The summed E-state index contributed by atoms with van der Waals surface area (Å²) in [6.45, 7) is 11.9. The monoisotopic (exact) mass is 447 g/mol. The third-order valence-electron chi connectivity index (χ3n) is 5.15. The number of amides is 2. The summed E-state index contributed by atoms with van der Waals surface area (Å²) >= 11 is 0. The Kier molecular flexibility index (Phi) is 9.37. The minimum atomic E-state index is -0.540. The van der Waals surface area contributed by atoms with E-state index in [4.69, 9.17) is 9.47 Å². The van der Waals surface area contributed by atoms with Gasteiger partial charge in [0, 0.05) is 12.1 Å². The van der Waals surface area contributed by atoms with Crippen LogP contribution >= 0.6 is 0 Å². The lowest BCUT2D eigenvalue weighted by Crippen LogP contribution is -2.46. The molecule has 7 nitrogen and oxygen atoms in total. The summed E-state index contributed by atoms with van der Waals surface area (Å²) < 4.78 is 10.8. The van der Waals surface area contributed by atoms with E-state index in [0.29, 0.717) is 6.04 Å². The summed E-state index contributed by atoms with van der Waals surface area (Å²) in [5.74, 6) is 0. The number of benzene rings is 1. The van der Waals surface area contributed by atoms with Gasteiger partial charge in [0.05, 0.1) is 6.04 Å². The molecule has 180 valence electrons. The van der Waals surface area contributed by atoms with E-state index < -0.39 is 17.3 Å². The van der Waals surface area contributed by atoms with E-state index in [1.165, 1.54) is 0 Å². The van der Waals surface area contributed by atoms with Gasteiger partial charge >= 0.3 is 12.2 Å². The number of hydrogen-bond acceptors (Lipinski definition) is 5. The van der Waals surface area contributed by atoms with Crippen molar-refractivity contribution in [3.63, 3.8) is 0 Å². The molecule has 1 aliphatic rings. The highest BCUT2D eigenvalue weighted by molar-refractivity contribution is 5.68. The molecule has 1 aromatic carbocycles. The fourth-order valence-corrected chi connectivity index (χ4v) is 3.87. The van der Waals surface area contributed by atoms with Crippen LogP contribution in [0, 0.1) is 0 Å². The van der Waals surface area contributed by atoms with Gasteiger partial charge in [0.25, 0.3) is 0 Å². The number of carbonyl (C=O) groups excluding carboxylic acids is 2. The zero-order valence-corrected chi connectivity index (χ0v) is 20.5. The first-order valence-corrected chi connectivity index (χ1v) is 11.7. The first-order valence-electron chi connectivity index (χ1n) is 11.7. The number of alkyl carbamates (subject to hydrolysis) is 2. The lowest BCUT2D eigenvalue weighted by atomic mass is 9.91. The van der Waals surface area contributed by atoms with Crippen LogP contribution in [0.1, 0.15) is 85.3 Å². The van der Waals surface area contributed by atoms with Crippen LogP contribution in [0.5, 0.6) is 0 Å². The first-order chi connectivity index (χ1) is 14.9. The molecule has 7 heteroatoms. The molecule has 0 bridgehead atoms. The maximum Gasteiger partial charge on any atom is 0.408 e. The molecular weight excluding hydrogens is 406 g/mol. The van der Waals surface area contributed by atoms with Crippen LogP contribution in [0.25, 0.3) is 0 Å². The second kappa shape index (κ2) is 11.5. The standard InChI is InChI=1S/C25H41N3O4/c1-24(2,3)31-22(29)27-20-14-10-13-19(17-20)26-16-15-21(18-11-8-7-9-12-18)28-23(30)32-25(4,5)6/h7-9,11-12,19-21,26H,10,13-17H2,1-6H3,(H,27,29)(H,28,30). The third kappa shape index (κ3) is 10.4. The number of hydrogen-bond donors (Lipinski definition) is 3. The highest BCUT2D eigenvalue weighted by atomic mass is 16.6. The van der Waals surface area contributed by atoms with Crippen molar-refractivity contribution in [1.82, 2.24) is 16.0 Å². The van der Waals surface area contributed by atoms with Crippen molar-refractivity contribution in [3.05, 3.63) is 35.9 Å². The van der Waals surface area contributed by atoms with Crippen molar-refractivity contribution in [2.75, 3.05) is 6.54 Å². The van der Waals surface area contributed by atoms with E-state index in [-0.39, 0.29) is 18.2 Å². The fraction of sp³-hybridized carbons (Fsp3) is 0.680. The molecule has 1 saturated carbocycles. The summed E-state index contributed by atoms with van der Waals surface area (Å²) in [6, 6.07) is 10.2. The summed E-state index contributed by atoms with van der Waals surface area (Å²) in [4.78, 5) is 24.4. The maximum absolute atomic E-state index is 12.3. The van der Waals surface area contributed by atoms with Crippen molar-refractivity contribution in [3.8, 4) is 0 Å². The Labute approximate surface area is 193 Å². The summed E-state index contributed by atoms with van der Waals surface area (Å²) in [6.07, 6.45) is 3.93. The van der Waals surface area contributed by atoms with Crippen molar-refractivity contribution in [1.29, 1.82) is 0 Å². The lowest BCUT2D eigenvalue weighted by molar-refractivity contribution is 0.0484. The third-order valence-corrected chi connectivity index (χ3v) is 5.15. The predicted molar refractivity (Wildman–Crippen MR) is 127 cm³/mol. The van der Waals surface area contributed by atoms with Crippen LogP contribution in [0.2, 0.25) is 0 Å². The Morgan fingerprint density at radius 2 is 1.53 bits per heavy atom. The molecule has 1 aromatic rings. The molecule has 0 radical (unpaired) electrons. The number of carbonyl (C=O) groups is 2. The Morgan fingerprint density at radius 1 is 0.938 bits per heavy atom. The highest BCUT2D eigenvalue weighted by Crippen LogP contribution is 2.21. The van der Waals surface area contributed by atoms with Crippen LogP contribution in [-0.4, -0.2) is 42.0 Å². The quantitative estimate of drug-likeness (QED) is 0.543.